The number of unbranched alkanes of at least 4 members (excludes halogenated alkanes) is 1. The normalized spacial score (nSPS) is 17.8. The lowest BCUT2D eigenvalue weighted by Gasteiger charge is -2.43. The van der Waals surface area contributed by atoms with Crippen LogP contribution in [0.25, 0.3) is 5.57 Å². The average Bonchev–Trinajstić information content (AvgIpc) is 2.65. The summed E-state index contributed by atoms with van der Waals surface area (Å²) in [5.41, 5.74) is 6.14. The van der Waals surface area contributed by atoms with Gasteiger partial charge in [0.25, 0.3) is 0 Å². The predicted molar refractivity (Wildman–Crippen MR) is 122 cm³/mol. The van der Waals surface area contributed by atoms with Crippen LogP contribution in [0.4, 0.5) is 0 Å². The lowest BCUT2D eigenvalue weighted by atomic mass is 9.62. The summed E-state index contributed by atoms with van der Waals surface area (Å²) in [4.78, 5) is 0. The van der Waals surface area contributed by atoms with Crippen LogP contribution in [-0.4, -0.2) is 18.3 Å². The molecule has 2 nitrogen and oxygen atoms in total. The van der Waals surface area contributed by atoms with Gasteiger partial charge in [0.2, 0.25) is 0 Å². The van der Waals surface area contributed by atoms with Gasteiger partial charge in [-0.25, -0.2) is 0 Å². The molecule has 2 aromatic carbocycles. The molecule has 0 unspecified atom stereocenters. The molecule has 0 amide bonds. The van der Waals surface area contributed by atoms with Gasteiger partial charge in [-0.2, -0.15) is 0 Å². The number of ether oxygens (including phenoxy) is 1. The second-order valence-corrected chi connectivity index (χ2v) is 10.0. The summed E-state index contributed by atoms with van der Waals surface area (Å²) in [7, 11) is 0. The van der Waals surface area contributed by atoms with Crippen molar-refractivity contribution in [3.05, 3.63) is 71.3 Å². The Hall–Kier alpha value is -2.06. The zero-order valence-corrected chi connectivity index (χ0v) is 18.5. The van der Waals surface area contributed by atoms with Gasteiger partial charge in [-0.3, -0.25) is 0 Å². The molecular weight excluding hydrogens is 356 g/mol. The van der Waals surface area contributed by atoms with Crippen molar-refractivity contribution in [1.29, 1.82) is 0 Å². The zero-order valence-electron chi connectivity index (χ0n) is 18.5. The van der Waals surface area contributed by atoms with E-state index in [-0.39, 0.29) is 6.61 Å². The molecule has 0 radical (unpaired) electrons. The van der Waals surface area contributed by atoms with E-state index in [1.807, 2.05) is 0 Å². The molecule has 0 aliphatic heterocycles. The molecule has 1 aliphatic carbocycles. The third-order valence-electron chi connectivity index (χ3n) is 5.72. The van der Waals surface area contributed by atoms with Gasteiger partial charge in [0, 0.05) is 6.61 Å². The Bertz CT molecular complexity index is 795. The molecule has 0 bridgehead atoms. The number of hydrogen-bond donors (Lipinski definition) is 1. The quantitative estimate of drug-likeness (QED) is 0.521. The Morgan fingerprint density at radius 1 is 0.828 bits per heavy atom. The third kappa shape index (κ3) is 5.96. The van der Waals surface area contributed by atoms with Crippen LogP contribution in [0.5, 0.6) is 5.75 Å². The van der Waals surface area contributed by atoms with E-state index >= 15 is 0 Å². The summed E-state index contributed by atoms with van der Waals surface area (Å²) in [5.74, 6) is 0.897. The van der Waals surface area contributed by atoms with E-state index in [9.17, 15) is 0 Å². The summed E-state index contributed by atoms with van der Waals surface area (Å²) in [6, 6.07) is 19.4. The Kier molecular flexibility index (Phi) is 6.85. The highest BCUT2D eigenvalue weighted by Gasteiger charge is 2.37. The predicted octanol–water partition coefficient (Wildman–Crippen LogP) is 6.88. The number of rotatable bonds is 7. The van der Waals surface area contributed by atoms with Crippen LogP contribution < -0.4 is 4.74 Å². The Morgan fingerprint density at radius 2 is 1.41 bits per heavy atom. The van der Waals surface area contributed by atoms with Crippen molar-refractivity contribution in [3.8, 4) is 5.75 Å². The maximum absolute atomic E-state index is 8.91. The molecule has 3 rings (SSSR count). The molecule has 2 heteroatoms. The molecule has 156 valence electrons. The van der Waals surface area contributed by atoms with Crippen molar-refractivity contribution >= 4 is 5.57 Å². The molecular formula is C27H36O2. The molecule has 0 saturated heterocycles. The number of allylic oxidation sites excluding steroid dienone is 1. The minimum atomic E-state index is 0.225. The average molecular weight is 393 g/mol. The highest BCUT2D eigenvalue weighted by atomic mass is 16.5. The SMILES string of the molecule is CC1(C)CC(=C(c2ccccc2)c2ccc(OCCCCO)cc2)CC(C)(C)C1. The lowest BCUT2D eigenvalue weighted by molar-refractivity contribution is 0.154. The van der Waals surface area contributed by atoms with Gasteiger partial charge in [-0.05, 0) is 71.8 Å². The molecule has 0 aromatic heterocycles. The molecule has 0 atom stereocenters. The fourth-order valence-electron chi connectivity index (χ4n) is 5.12. The van der Waals surface area contributed by atoms with Crippen LogP contribution >= 0.6 is 0 Å². The molecule has 1 aliphatic rings. The largest absolute Gasteiger partial charge is 0.494 e. The monoisotopic (exact) mass is 392 g/mol. The number of hydrogen-bond acceptors (Lipinski definition) is 2. The second-order valence-electron chi connectivity index (χ2n) is 10.0. The van der Waals surface area contributed by atoms with Gasteiger partial charge in [-0.15, -0.1) is 0 Å². The van der Waals surface area contributed by atoms with Gasteiger partial charge in [-0.1, -0.05) is 75.7 Å². The standard InChI is InChI=1S/C27H36O2/c1-26(2)18-23(19-27(3,4)20-26)25(21-10-6-5-7-11-21)22-12-14-24(15-13-22)29-17-9-8-16-28/h5-7,10-15,28H,8-9,16-20H2,1-4H3. The second kappa shape index (κ2) is 9.17. The molecule has 0 spiro atoms. The third-order valence-corrected chi connectivity index (χ3v) is 5.72. The molecule has 0 heterocycles. The molecule has 2 aromatic rings. The molecule has 1 N–H and O–H groups in total. The van der Waals surface area contributed by atoms with Crippen molar-refractivity contribution < 1.29 is 9.84 Å². The van der Waals surface area contributed by atoms with Gasteiger partial charge < -0.3 is 9.84 Å². The minimum Gasteiger partial charge on any atom is -0.494 e. The summed E-state index contributed by atoms with van der Waals surface area (Å²) in [6.07, 6.45) is 5.20. The smallest absolute Gasteiger partial charge is 0.119 e. The van der Waals surface area contributed by atoms with Crippen LogP contribution in [0.1, 0.15) is 70.9 Å². The number of aliphatic hydroxyl groups is 1. The summed E-state index contributed by atoms with van der Waals surface area (Å²) in [5, 5.41) is 8.91. The first-order valence-electron chi connectivity index (χ1n) is 10.9. The van der Waals surface area contributed by atoms with Crippen molar-refractivity contribution in [1.82, 2.24) is 0 Å². The van der Waals surface area contributed by atoms with E-state index in [2.05, 4.69) is 82.3 Å². The fraction of sp³-hybridized carbons (Fsp3) is 0.481. The van der Waals surface area contributed by atoms with E-state index < -0.39 is 0 Å². The number of benzene rings is 2. The molecule has 1 fully saturated rings. The van der Waals surface area contributed by atoms with Crippen LogP contribution in [0.2, 0.25) is 0 Å². The van der Waals surface area contributed by atoms with Gasteiger partial charge in [0.05, 0.1) is 6.61 Å². The molecule has 29 heavy (non-hydrogen) atoms. The van der Waals surface area contributed by atoms with Crippen molar-refractivity contribution in [2.75, 3.05) is 13.2 Å². The lowest BCUT2D eigenvalue weighted by Crippen LogP contribution is -2.30. The van der Waals surface area contributed by atoms with Crippen LogP contribution in [0.3, 0.4) is 0 Å². The summed E-state index contributed by atoms with van der Waals surface area (Å²) >= 11 is 0. The fourth-order valence-corrected chi connectivity index (χ4v) is 5.12. The van der Waals surface area contributed by atoms with Gasteiger partial charge in [0.15, 0.2) is 0 Å². The highest BCUT2D eigenvalue weighted by Crippen LogP contribution is 2.50. The first kappa shape index (κ1) is 21.6. The minimum absolute atomic E-state index is 0.225. The first-order chi connectivity index (χ1) is 13.8. The summed E-state index contributed by atoms with van der Waals surface area (Å²) in [6.45, 7) is 10.5. The van der Waals surface area contributed by atoms with E-state index in [1.165, 1.54) is 23.1 Å². The first-order valence-corrected chi connectivity index (χ1v) is 10.9. The summed E-state index contributed by atoms with van der Waals surface area (Å²) < 4.78 is 5.83. The van der Waals surface area contributed by atoms with Gasteiger partial charge in [0.1, 0.15) is 5.75 Å². The maximum atomic E-state index is 8.91. The van der Waals surface area contributed by atoms with E-state index in [1.54, 1.807) is 5.57 Å². The van der Waals surface area contributed by atoms with Crippen LogP contribution in [0, 0.1) is 10.8 Å². The van der Waals surface area contributed by atoms with Crippen LogP contribution in [0.15, 0.2) is 60.2 Å². The van der Waals surface area contributed by atoms with Gasteiger partial charge >= 0.3 is 0 Å². The zero-order chi connectivity index (χ0) is 20.9. The topological polar surface area (TPSA) is 29.5 Å². The van der Waals surface area contributed by atoms with E-state index in [0.717, 1.165) is 31.4 Å². The number of aliphatic hydroxyl groups excluding tert-OH is 1. The highest BCUT2D eigenvalue weighted by molar-refractivity contribution is 5.82. The van der Waals surface area contributed by atoms with Crippen molar-refractivity contribution in [2.45, 2.75) is 59.8 Å². The van der Waals surface area contributed by atoms with Crippen LogP contribution in [-0.2, 0) is 0 Å². The Morgan fingerprint density at radius 3 is 2.00 bits per heavy atom. The van der Waals surface area contributed by atoms with Crippen molar-refractivity contribution in [3.63, 3.8) is 0 Å². The Labute approximate surface area is 176 Å². The van der Waals surface area contributed by atoms with E-state index in [4.69, 9.17) is 9.84 Å². The van der Waals surface area contributed by atoms with E-state index in [0.29, 0.717) is 17.4 Å². The maximum Gasteiger partial charge on any atom is 0.119 e. The van der Waals surface area contributed by atoms with Crippen molar-refractivity contribution in [2.24, 2.45) is 10.8 Å². The Balaban J connectivity index is 1.95. The molecule has 1 saturated carbocycles.